The molecule has 126 valence electrons. The molecule has 1 N–H and O–H groups in total. The van der Waals surface area contributed by atoms with E-state index in [1.165, 1.54) is 33.4 Å². The van der Waals surface area contributed by atoms with Crippen molar-refractivity contribution in [2.45, 2.75) is 11.3 Å². The third-order valence-corrected chi connectivity index (χ3v) is 6.07. The van der Waals surface area contributed by atoms with E-state index in [2.05, 4.69) is 66.7 Å². The van der Waals surface area contributed by atoms with Crippen molar-refractivity contribution in [3.8, 4) is 28.0 Å². The first kappa shape index (κ1) is 15.5. The first-order valence-corrected chi connectivity index (χ1v) is 9.98. The Morgan fingerprint density at radius 2 is 1.58 bits per heavy atom. The van der Waals surface area contributed by atoms with E-state index in [4.69, 9.17) is 0 Å². The highest BCUT2D eigenvalue weighted by molar-refractivity contribution is 7.98. The van der Waals surface area contributed by atoms with Gasteiger partial charge in [0.2, 0.25) is 0 Å². The third kappa shape index (κ3) is 2.33. The number of aromatic hydroxyl groups is 1. The van der Waals surface area contributed by atoms with Gasteiger partial charge in [0.25, 0.3) is 0 Å². The lowest BCUT2D eigenvalue weighted by Gasteiger charge is -2.11. The maximum absolute atomic E-state index is 10.1. The molecule has 0 fully saturated rings. The zero-order valence-corrected chi connectivity index (χ0v) is 15.3. The molecule has 0 saturated heterocycles. The fourth-order valence-corrected chi connectivity index (χ4v) is 4.54. The van der Waals surface area contributed by atoms with Gasteiger partial charge >= 0.3 is 0 Å². The molecule has 2 heteroatoms. The van der Waals surface area contributed by atoms with Crippen molar-refractivity contribution in [2.24, 2.45) is 0 Å². The number of thioether (sulfide) groups is 1. The van der Waals surface area contributed by atoms with E-state index in [0.29, 0.717) is 5.75 Å². The Labute approximate surface area is 157 Å². The molecule has 26 heavy (non-hydrogen) atoms. The van der Waals surface area contributed by atoms with Crippen LogP contribution in [0.15, 0.2) is 77.7 Å². The molecule has 4 aromatic carbocycles. The Bertz CT molecular complexity index is 1160. The Hall–Kier alpha value is -2.71. The van der Waals surface area contributed by atoms with Crippen LogP contribution >= 0.6 is 11.8 Å². The minimum atomic E-state index is 0.355. The molecular formula is C24H18OS. The Morgan fingerprint density at radius 3 is 2.46 bits per heavy atom. The fraction of sp³-hybridized carbons (Fsp3) is 0.0833. The van der Waals surface area contributed by atoms with Crippen molar-refractivity contribution in [3.05, 3.63) is 83.9 Å². The summed E-state index contributed by atoms with van der Waals surface area (Å²) in [6.45, 7) is 0. The Balaban J connectivity index is 1.69. The summed E-state index contributed by atoms with van der Waals surface area (Å²) in [5.41, 5.74) is 8.08. The van der Waals surface area contributed by atoms with Gasteiger partial charge in [0, 0.05) is 4.90 Å². The molecule has 4 aromatic rings. The number of phenols is 1. The lowest BCUT2D eigenvalue weighted by atomic mass is 9.94. The average Bonchev–Trinajstić information content (AvgIpc) is 3.06. The Kier molecular flexibility index (Phi) is 3.54. The smallest absolute Gasteiger partial charge is 0.129 e. The largest absolute Gasteiger partial charge is 0.507 e. The highest BCUT2D eigenvalue weighted by atomic mass is 32.2. The van der Waals surface area contributed by atoms with Crippen LogP contribution in [0.1, 0.15) is 11.1 Å². The van der Waals surface area contributed by atoms with Crippen LogP contribution in [0.5, 0.6) is 5.75 Å². The average molecular weight is 354 g/mol. The van der Waals surface area contributed by atoms with Crippen molar-refractivity contribution >= 4 is 22.5 Å². The zero-order chi connectivity index (χ0) is 17.7. The molecule has 0 atom stereocenters. The number of phenolic OH excluding ortho intramolecular Hbond substituents is 1. The summed E-state index contributed by atoms with van der Waals surface area (Å²) in [5, 5.41) is 12.3. The van der Waals surface area contributed by atoms with Gasteiger partial charge in [-0.3, -0.25) is 0 Å². The topological polar surface area (TPSA) is 20.2 Å². The van der Waals surface area contributed by atoms with E-state index in [1.807, 2.05) is 12.3 Å². The minimum absolute atomic E-state index is 0.355. The van der Waals surface area contributed by atoms with Gasteiger partial charge in [-0.05, 0) is 75.0 Å². The molecule has 0 heterocycles. The molecule has 0 bridgehead atoms. The van der Waals surface area contributed by atoms with Crippen molar-refractivity contribution < 1.29 is 5.11 Å². The van der Waals surface area contributed by atoms with Crippen LogP contribution in [-0.4, -0.2) is 11.4 Å². The molecule has 5 rings (SSSR count). The van der Waals surface area contributed by atoms with Crippen molar-refractivity contribution in [1.82, 2.24) is 0 Å². The van der Waals surface area contributed by atoms with Gasteiger partial charge in [0.1, 0.15) is 5.75 Å². The second-order valence-electron chi connectivity index (χ2n) is 6.75. The highest BCUT2D eigenvalue weighted by Gasteiger charge is 2.21. The molecular weight excluding hydrogens is 336 g/mol. The van der Waals surface area contributed by atoms with E-state index in [1.54, 1.807) is 11.8 Å². The number of rotatable bonds is 2. The van der Waals surface area contributed by atoms with Crippen LogP contribution in [0.3, 0.4) is 0 Å². The van der Waals surface area contributed by atoms with Crippen molar-refractivity contribution in [2.75, 3.05) is 6.26 Å². The number of fused-ring (bicyclic) bond motifs is 4. The molecule has 0 radical (unpaired) electrons. The van der Waals surface area contributed by atoms with Crippen LogP contribution < -0.4 is 0 Å². The summed E-state index contributed by atoms with van der Waals surface area (Å²) in [4.78, 5) is 0.917. The maximum atomic E-state index is 10.1. The fourth-order valence-electron chi connectivity index (χ4n) is 4.02. The second-order valence-corrected chi connectivity index (χ2v) is 7.60. The van der Waals surface area contributed by atoms with Gasteiger partial charge < -0.3 is 5.11 Å². The predicted octanol–water partition coefficient (Wildman–Crippen LogP) is 6.51. The molecule has 0 saturated carbocycles. The van der Waals surface area contributed by atoms with Crippen LogP contribution in [-0.2, 0) is 6.42 Å². The maximum Gasteiger partial charge on any atom is 0.129 e. The van der Waals surface area contributed by atoms with E-state index in [0.717, 1.165) is 22.1 Å². The van der Waals surface area contributed by atoms with Gasteiger partial charge in [-0.1, -0.05) is 54.6 Å². The standard InChI is InChI=1S/C24H18OS/c1-26-24-14-18-11-17(10-9-15(18)13-23(24)25)20-7-4-8-21-19-6-3-2-5-16(19)12-22(20)21/h2-11,13-14,25H,12H2,1H3. The van der Waals surface area contributed by atoms with Gasteiger partial charge in [-0.2, -0.15) is 0 Å². The summed E-state index contributed by atoms with van der Waals surface area (Å²) in [6.07, 6.45) is 2.98. The van der Waals surface area contributed by atoms with Gasteiger partial charge in [0.05, 0.1) is 0 Å². The van der Waals surface area contributed by atoms with E-state index in [9.17, 15) is 5.11 Å². The van der Waals surface area contributed by atoms with Crippen LogP contribution in [0, 0.1) is 0 Å². The first-order valence-electron chi connectivity index (χ1n) is 8.76. The first-order chi connectivity index (χ1) is 12.7. The van der Waals surface area contributed by atoms with Gasteiger partial charge in [0.15, 0.2) is 0 Å². The predicted molar refractivity (Wildman–Crippen MR) is 111 cm³/mol. The van der Waals surface area contributed by atoms with Crippen LogP contribution in [0.25, 0.3) is 33.0 Å². The van der Waals surface area contributed by atoms with E-state index < -0.39 is 0 Å². The normalized spacial score (nSPS) is 12.2. The number of hydrogen-bond acceptors (Lipinski definition) is 2. The molecule has 0 unspecified atom stereocenters. The summed E-state index contributed by atoms with van der Waals surface area (Å²) in [6, 6.07) is 25.8. The van der Waals surface area contributed by atoms with E-state index >= 15 is 0 Å². The molecule has 1 aliphatic rings. The summed E-state index contributed by atoms with van der Waals surface area (Å²) in [5.74, 6) is 0.355. The lowest BCUT2D eigenvalue weighted by molar-refractivity contribution is 0.463. The number of benzene rings is 4. The van der Waals surface area contributed by atoms with Gasteiger partial charge in [-0.25, -0.2) is 0 Å². The molecule has 0 aliphatic heterocycles. The van der Waals surface area contributed by atoms with Crippen molar-refractivity contribution in [3.63, 3.8) is 0 Å². The minimum Gasteiger partial charge on any atom is -0.507 e. The number of hydrogen-bond donors (Lipinski definition) is 1. The Morgan fingerprint density at radius 1 is 0.769 bits per heavy atom. The van der Waals surface area contributed by atoms with Gasteiger partial charge in [-0.15, -0.1) is 11.8 Å². The molecule has 0 aromatic heterocycles. The molecule has 0 spiro atoms. The summed E-state index contributed by atoms with van der Waals surface area (Å²) in [7, 11) is 0. The molecule has 1 aliphatic carbocycles. The second kappa shape index (κ2) is 5.93. The zero-order valence-electron chi connectivity index (χ0n) is 14.5. The molecule has 1 nitrogen and oxygen atoms in total. The quantitative estimate of drug-likeness (QED) is 0.365. The van der Waals surface area contributed by atoms with Crippen molar-refractivity contribution in [1.29, 1.82) is 0 Å². The highest BCUT2D eigenvalue weighted by Crippen LogP contribution is 2.42. The summed E-state index contributed by atoms with van der Waals surface area (Å²) >= 11 is 1.57. The monoisotopic (exact) mass is 354 g/mol. The third-order valence-electron chi connectivity index (χ3n) is 5.30. The SMILES string of the molecule is CSc1cc2cc(-c3cccc4c3Cc3ccccc3-4)ccc2cc1O. The molecule has 0 amide bonds. The van der Waals surface area contributed by atoms with Crippen LogP contribution in [0.2, 0.25) is 0 Å². The van der Waals surface area contributed by atoms with E-state index in [-0.39, 0.29) is 0 Å². The lowest BCUT2D eigenvalue weighted by Crippen LogP contribution is -1.88. The summed E-state index contributed by atoms with van der Waals surface area (Å²) < 4.78 is 0. The van der Waals surface area contributed by atoms with Crippen LogP contribution in [0.4, 0.5) is 0 Å².